The fourth-order valence-corrected chi connectivity index (χ4v) is 6.65. The number of carbonyl (C=O) groups excluding carboxylic acids is 4. The molecule has 0 aromatic heterocycles. The molecule has 0 aromatic carbocycles. The molecule has 1 unspecified atom stereocenters. The normalized spacial score (nSPS) is 39.1. The van der Waals surface area contributed by atoms with E-state index in [0.29, 0.717) is 35.5 Å². The number of hydrogen-bond donors (Lipinski definition) is 0. The molecule has 3 fully saturated rings. The lowest BCUT2D eigenvalue weighted by atomic mass is 9.46. The predicted octanol–water partition coefficient (Wildman–Crippen LogP) is 3.71. The van der Waals surface area contributed by atoms with Gasteiger partial charge in [-0.25, -0.2) is 4.79 Å². The molecule has 0 aromatic rings. The molecule has 0 bridgehead atoms. The van der Waals surface area contributed by atoms with Crippen LogP contribution in [0.5, 0.6) is 0 Å². The van der Waals surface area contributed by atoms with Crippen LogP contribution in [0.15, 0.2) is 23.3 Å². The highest BCUT2D eigenvalue weighted by Crippen LogP contribution is 2.64. The molecule has 4 rings (SSSR count). The fourth-order valence-electron chi connectivity index (χ4n) is 6.65. The van der Waals surface area contributed by atoms with Crippen molar-refractivity contribution in [2.24, 2.45) is 28.6 Å². The number of ether oxygens (including phenoxy) is 1. The number of ketones is 2. The van der Waals surface area contributed by atoms with Crippen molar-refractivity contribution in [2.45, 2.75) is 65.7 Å². The fraction of sp³-hybridized carbons (Fsp3) is 0.652. The highest BCUT2D eigenvalue weighted by atomic mass is 16.6. The Bertz CT molecular complexity index is 834. The van der Waals surface area contributed by atoms with Crippen molar-refractivity contribution in [2.75, 3.05) is 0 Å². The van der Waals surface area contributed by atoms with Crippen LogP contribution in [0.1, 0.15) is 65.7 Å². The van der Waals surface area contributed by atoms with Gasteiger partial charge in [-0.05, 0) is 55.3 Å². The molecule has 5 atom stereocenters. The van der Waals surface area contributed by atoms with Gasteiger partial charge in [0.2, 0.25) is 0 Å². The van der Waals surface area contributed by atoms with E-state index in [1.807, 2.05) is 13.0 Å². The van der Waals surface area contributed by atoms with Crippen molar-refractivity contribution in [1.29, 1.82) is 0 Å². The first-order valence-corrected chi connectivity index (χ1v) is 10.4. The summed E-state index contributed by atoms with van der Waals surface area (Å²) in [6, 6.07) is 0. The van der Waals surface area contributed by atoms with Crippen LogP contribution in [0.25, 0.3) is 0 Å². The average Bonchev–Trinajstić information content (AvgIpc) is 2.98. The van der Waals surface area contributed by atoms with Crippen LogP contribution in [-0.4, -0.2) is 23.5 Å². The summed E-state index contributed by atoms with van der Waals surface area (Å²) in [5.74, 6) is -0.772. The van der Waals surface area contributed by atoms with Crippen LogP contribution < -0.4 is 0 Å². The predicted molar refractivity (Wildman–Crippen MR) is 102 cm³/mol. The highest BCUT2D eigenvalue weighted by molar-refractivity contribution is 6.42. The Morgan fingerprint density at radius 2 is 1.82 bits per heavy atom. The Labute approximate surface area is 165 Å². The number of allylic oxidation sites excluding steroid dienone is 3. The molecule has 5 nitrogen and oxygen atoms in total. The van der Waals surface area contributed by atoms with Crippen molar-refractivity contribution >= 4 is 23.5 Å². The van der Waals surface area contributed by atoms with Crippen molar-refractivity contribution in [3.05, 3.63) is 23.3 Å². The maximum Gasteiger partial charge on any atom is 0.386 e. The van der Waals surface area contributed by atoms with Gasteiger partial charge in [-0.2, -0.15) is 0 Å². The SMILES string of the molecule is CC(=O)OC(=O)C(=O)C1=CC=C2[C@@H]3CCC4CC(=O)CC[C@]4(C)[C@H]3CC[C@]12C. The monoisotopic (exact) mass is 384 g/mol. The maximum absolute atomic E-state index is 12.7. The summed E-state index contributed by atoms with van der Waals surface area (Å²) in [6.07, 6.45) is 10.0. The van der Waals surface area contributed by atoms with Crippen LogP contribution in [0.3, 0.4) is 0 Å². The van der Waals surface area contributed by atoms with Gasteiger partial charge in [0.15, 0.2) is 0 Å². The smallest absolute Gasteiger partial charge is 0.386 e. The van der Waals surface area contributed by atoms with Crippen molar-refractivity contribution in [1.82, 2.24) is 0 Å². The second kappa shape index (κ2) is 6.50. The van der Waals surface area contributed by atoms with E-state index < -0.39 is 23.1 Å². The maximum atomic E-state index is 12.7. The van der Waals surface area contributed by atoms with E-state index in [4.69, 9.17) is 0 Å². The lowest BCUT2D eigenvalue weighted by Gasteiger charge is -2.58. The Hall–Kier alpha value is -2.04. The highest BCUT2D eigenvalue weighted by Gasteiger charge is 2.57. The number of hydrogen-bond acceptors (Lipinski definition) is 5. The van der Waals surface area contributed by atoms with E-state index in [1.165, 1.54) is 5.57 Å². The van der Waals surface area contributed by atoms with E-state index in [2.05, 4.69) is 11.7 Å². The topological polar surface area (TPSA) is 77.5 Å². The van der Waals surface area contributed by atoms with Crippen molar-refractivity contribution in [3.8, 4) is 0 Å². The van der Waals surface area contributed by atoms with Crippen LogP contribution in [0.4, 0.5) is 0 Å². The van der Waals surface area contributed by atoms with Crippen LogP contribution in [-0.2, 0) is 23.9 Å². The Morgan fingerprint density at radius 3 is 2.54 bits per heavy atom. The number of esters is 2. The molecule has 4 aliphatic rings. The molecule has 28 heavy (non-hydrogen) atoms. The standard InChI is InChI=1S/C23H28O5/c1-13(24)28-21(27)20(26)19-7-6-17-16-5-4-14-12-15(25)8-10-22(14,2)18(16)9-11-23(17,19)3/h6-7,14,16,18H,4-5,8-12H2,1-3H3/t14?,16-,18-,22-,23-/m0/s1. The van der Waals surface area contributed by atoms with Crippen LogP contribution in [0, 0.1) is 28.6 Å². The van der Waals surface area contributed by atoms with Crippen LogP contribution >= 0.6 is 0 Å². The minimum Gasteiger partial charge on any atom is -0.387 e. The molecule has 0 radical (unpaired) electrons. The first-order chi connectivity index (χ1) is 13.2. The van der Waals surface area contributed by atoms with E-state index in [-0.39, 0.29) is 5.41 Å². The van der Waals surface area contributed by atoms with Crippen LogP contribution in [0.2, 0.25) is 0 Å². The van der Waals surface area contributed by atoms with Gasteiger partial charge in [0.05, 0.1) is 0 Å². The average molecular weight is 384 g/mol. The van der Waals surface area contributed by atoms with E-state index in [0.717, 1.165) is 45.4 Å². The molecular formula is C23H28O5. The van der Waals surface area contributed by atoms with Gasteiger partial charge < -0.3 is 4.74 Å². The molecule has 0 aliphatic heterocycles. The van der Waals surface area contributed by atoms with Crippen molar-refractivity contribution < 1.29 is 23.9 Å². The quantitative estimate of drug-likeness (QED) is 0.412. The molecule has 0 saturated heterocycles. The molecule has 5 heteroatoms. The molecule has 0 N–H and O–H groups in total. The van der Waals surface area contributed by atoms with Gasteiger partial charge >= 0.3 is 11.9 Å². The first-order valence-electron chi connectivity index (χ1n) is 10.4. The second-order valence-corrected chi connectivity index (χ2v) is 9.52. The lowest BCUT2D eigenvalue weighted by Crippen LogP contribution is -2.51. The molecule has 150 valence electrons. The summed E-state index contributed by atoms with van der Waals surface area (Å²) in [6.45, 7) is 5.54. The molecule has 4 aliphatic carbocycles. The molecule has 0 spiro atoms. The minimum atomic E-state index is -1.08. The molecule has 3 saturated carbocycles. The van der Waals surface area contributed by atoms with Gasteiger partial charge in [0, 0.05) is 30.8 Å². The van der Waals surface area contributed by atoms with Crippen molar-refractivity contribution in [3.63, 3.8) is 0 Å². The zero-order valence-corrected chi connectivity index (χ0v) is 16.9. The summed E-state index contributed by atoms with van der Waals surface area (Å²) in [5, 5.41) is 0. The van der Waals surface area contributed by atoms with E-state index >= 15 is 0 Å². The number of Topliss-reactive ketones (excluding diaryl/α,β-unsaturated/α-hetero) is 2. The second-order valence-electron chi connectivity index (χ2n) is 9.52. The molecule has 0 heterocycles. The van der Waals surface area contributed by atoms with Gasteiger partial charge in [-0.3, -0.25) is 14.4 Å². The van der Waals surface area contributed by atoms with E-state index in [1.54, 1.807) is 6.08 Å². The van der Waals surface area contributed by atoms with Gasteiger partial charge in [0.1, 0.15) is 5.78 Å². The Morgan fingerprint density at radius 1 is 1.07 bits per heavy atom. The Kier molecular flexibility index (Phi) is 4.48. The summed E-state index contributed by atoms with van der Waals surface area (Å²) >= 11 is 0. The summed E-state index contributed by atoms with van der Waals surface area (Å²) in [4.78, 5) is 47.7. The van der Waals surface area contributed by atoms with Gasteiger partial charge in [-0.1, -0.05) is 31.6 Å². The van der Waals surface area contributed by atoms with Gasteiger partial charge in [-0.15, -0.1) is 0 Å². The number of rotatable bonds is 2. The zero-order valence-electron chi connectivity index (χ0n) is 16.9. The third-order valence-electron chi connectivity index (χ3n) is 8.19. The minimum absolute atomic E-state index is 0.180. The van der Waals surface area contributed by atoms with E-state index in [9.17, 15) is 19.2 Å². The number of carbonyl (C=O) groups is 4. The first kappa shape index (κ1) is 19.3. The van der Waals surface area contributed by atoms with Gasteiger partial charge in [0.25, 0.3) is 5.78 Å². The number of fused-ring (bicyclic) bond motifs is 5. The molecular weight excluding hydrogens is 356 g/mol. The summed E-state index contributed by atoms with van der Waals surface area (Å²) in [7, 11) is 0. The lowest BCUT2D eigenvalue weighted by molar-refractivity contribution is -0.162. The molecule has 0 amide bonds. The Balaban J connectivity index is 1.58. The zero-order chi connectivity index (χ0) is 20.3. The third kappa shape index (κ3) is 2.73. The summed E-state index contributed by atoms with van der Waals surface area (Å²) < 4.78 is 4.53. The largest absolute Gasteiger partial charge is 0.387 e. The third-order valence-corrected chi connectivity index (χ3v) is 8.19. The summed E-state index contributed by atoms with van der Waals surface area (Å²) in [5.41, 5.74) is 1.43.